The van der Waals surface area contributed by atoms with Crippen molar-refractivity contribution in [2.75, 3.05) is 6.54 Å². The number of hydrogen-bond donors (Lipinski definition) is 2. The summed E-state index contributed by atoms with van der Waals surface area (Å²) in [4.78, 5) is 10.7. The molecule has 3 nitrogen and oxygen atoms in total. The lowest BCUT2D eigenvalue weighted by molar-refractivity contribution is -0.116. The van der Waals surface area contributed by atoms with Crippen LogP contribution in [0.4, 0.5) is 0 Å². The van der Waals surface area contributed by atoms with E-state index in [1.165, 1.54) is 0 Å². The summed E-state index contributed by atoms with van der Waals surface area (Å²) >= 11 is 0. The summed E-state index contributed by atoms with van der Waals surface area (Å²) in [6.07, 6.45) is 4.41. The standard InChI is InChI=1S/C10H19NO2/c1-8(12)6-7-11-9-2-4-10(13)5-3-9/h9-11,13H,2-7H2,1H3/t9-,10-. The Morgan fingerprint density at radius 2 is 2.00 bits per heavy atom. The van der Waals surface area contributed by atoms with Crippen LogP contribution in [0.25, 0.3) is 0 Å². The van der Waals surface area contributed by atoms with E-state index in [1.807, 2.05) is 0 Å². The van der Waals surface area contributed by atoms with E-state index in [9.17, 15) is 9.90 Å². The largest absolute Gasteiger partial charge is 0.393 e. The van der Waals surface area contributed by atoms with Crippen LogP contribution in [0.15, 0.2) is 0 Å². The second-order valence-electron chi connectivity index (χ2n) is 3.91. The molecule has 13 heavy (non-hydrogen) atoms. The smallest absolute Gasteiger partial charge is 0.131 e. The molecule has 1 fully saturated rings. The SMILES string of the molecule is CC(=O)CCN[C@H]1CC[C@H](O)CC1. The lowest BCUT2D eigenvalue weighted by atomic mass is 9.93. The zero-order valence-electron chi connectivity index (χ0n) is 8.25. The highest BCUT2D eigenvalue weighted by Gasteiger charge is 2.18. The Hall–Kier alpha value is -0.410. The fourth-order valence-corrected chi connectivity index (χ4v) is 1.73. The van der Waals surface area contributed by atoms with Gasteiger partial charge >= 0.3 is 0 Å². The van der Waals surface area contributed by atoms with Gasteiger partial charge in [0.1, 0.15) is 5.78 Å². The summed E-state index contributed by atoms with van der Waals surface area (Å²) in [5.41, 5.74) is 0. The molecule has 0 aromatic heterocycles. The van der Waals surface area contributed by atoms with Gasteiger partial charge < -0.3 is 10.4 Å². The van der Waals surface area contributed by atoms with Gasteiger partial charge in [0, 0.05) is 19.0 Å². The average molecular weight is 185 g/mol. The van der Waals surface area contributed by atoms with Crippen molar-refractivity contribution >= 4 is 5.78 Å². The molecule has 1 rings (SSSR count). The van der Waals surface area contributed by atoms with Crippen LogP contribution < -0.4 is 5.32 Å². The van der Waals surface area contributed by atoms with Crippen LogP contribution in [0.2, 0.25) is 0 Å². The Kier molecular flexibility index (Phi) is 4.39. The fourth-order valence-electron chi connectivity index (χ4n) is 1.73. The molecule has 0 bridgehead atoms. The average Bonchev–Trinajstić information content (AvgIpc) is 2.08. The molecule has 2 N–H and O–H groups in total. The summed E-state index contributed by atoms with van der Waals surface area (Å²) in [5.74, 6) is 0.239. The second kappa shape index (κ2) is 5.35. The summed E-state index contributed by atoms with van der Waals surface area (Å²) in [5, 5.41) is 12.6. The Morgan fingerprint density at radius 1 is 1.38 bits per heavy atom. The predicted octanol–water partition coefficient (Wildman–Crippen LogP) is 0.859. The van der Waals surface area contributed by atoms with Crippen molar-refractivity contribution in [3.8, 4) is 0 Å². The number of aliphatic hydroxyl groups excluding tert-OH is 1. The number of hydrogen-bond acceptors (Lipinski definition) is 3. The van der Waals surface area contributed by atoms with Gasteiger partial charge in [-0.05, 0) is 32.6 Å². The van der Waals surface area contributed by atoms with Crippen LogP contribution >= 0.6 is 0 Å². The van der Waals surface area contributed by atoms with Gasteiger partial charge in [-0.15, -0.1) is 0 Å². The van der Waals surface area contributed by atoms with Crippen molar-refractivity contribution in [3.63, 3.8) is 0 Å². The molecular formula is C10H19NO2. The normalized spacial score (nSPS) is 28.8. The number of Topliss-reactive ketones (excluding diaryl/α,β-unsaturated/α-hetero) is 1. The van der Waals surface area contributed by atoms with E-state index in [-0.39, 0.29) is 11.9 Å². The zero-order valence-corrected chi connectivity index (χ0v) is 8.25. The molecule has 1 saturated carbocycles. The molecule has 0 saturated heterocycles. The molecule has 0 aromatic carbocycles. The van der Waals surface area contributed by atoms with E-state index in [2.05, 4.69) is 5.32 Å². The van der Waals surface area contributed by atoms with Crippen LogP contribution in [0.1, 0.15) is 39.0 Å². The fraction of sp³-hybridized carbons (Fsp3) is 0.900. The zero-order chi connectivity index (χ0) is 9.68. The second-order valence-corrected chi connectivity index (χ2v) is 3.91. The number of ketones is 1. The summed E-state index contributed by atoms with van der Waals surface area (Å²) in [6.45, 7) is 2.41. The molecule has 0 aliphatic heterocycles. The van der Waals surface area contributed by atoms with Crippen LogP contribution in [0.3, 0.4) is 0 Å². The quantitative estimate of drug-likeness (QED) is 0.683. The summed E-state index contributed by atoms with van der Waals surface area (Å²) < 4.78 is 0. The van der Waals surface area contributed by atoms with Gasteiger partial charge in [-0.3, -0.25) is 4.79 Å². The minimum absolute atomic E-state index is 0.0918. The first-order valence-electron chi connectivity index (χ1n) is 5.09. The Morgan fingerprint density at radius 3 is 2.54 bits per heavy atom. The maximum Gasteiger partial charge on any atom is 0.131 e. The van der Waals surface area contributed by atoms with Crippen molar-refractivity contribution in [1.29, 1.82) is 0 Å². The van der Waals surface area contributed by atoms with Crippen molar-refractivity contribution in [3.05, 3.63) is 0 Å². The van der Waals surface area contributed by atoms with Gasteiger partial charge in [0.25, 0.3) is 0 Å². The maximum atomic E-state index is 10.7. The predicted molar refractivity (Wildman–Crippen MR) is 51.6 cm³/mol. The molecule has 1 aliphatic rings. The molecule has 0 atom stereocenters. The first kappa shape index (κ1) is 10.7. The number of carbonyl (C=O) groups excluding carboxylic acids is 1. The van der Waals surface area contributed by atoms with Crippen LogP contribution in [0.5, 0.6) is 0 Å². The van der Waals surface area contributed by atoms with E-state index in [1.54, 1.807) is 6.92 Å². The number of nitrogens with one attached hydrogen (secondary N) is 1. The van der Waals surface area contributed by atoms with Crippen LogP contribution in [0, 0.1) is 0 Å². The number of carbonyl (C=O) groups is 1. The van der Waals surface area contributed by atoms with Gasteiger partial charge in [0.15, 0.2) is 0 Å². The minimum Gasteiger partial charge on any atom is -0.393 e. The van der Waals surface area contributed by atoms with E-state index in [0.717, 1.165) is 32.2 Å². The molecule has 0 unspecified atom stereocenters. The maximum absolute atomic E-state index is 10.7. The molecule has 0 aromatic rings. The molecule has 0 amide bonds. The summed E-state index contributed by atoms with van der Waals surface area (Å²) in [7, 11) is 0. The topological polar surface area (TPSA) is 49.3 Å². The first-order valence-corrected chi connectivity index (χ1v) is 5.09. The molecular weight excluding hydrogens is 166 g/mol. The lowest BCUT2D eigenvalue weighted by Crippen LogP contribution is -2.35. The molecule has 0 heterocycles. The Balaban J connectivity index is 2.05. The Labute approximate surface area is 79.5 Å². The highest BCUT2D eigenvalue weighted by molar-refractivity contribution is 5.75. The molecule has 0 radical (unpaired) electrons. The van der Waals surface area contributed by atoms with Crippen LogP contribution in [-0.2, 0) is 4.79 Å². The first-order chi connectivity index (χ1) is 6.18. The molecule has 3 heteroatoms. The van der Waals surface area contributed by atoms with Gasteiger partial charge in [0.2, 0.25) is 0 Å². The monoisotopic (exact) mass is 185 g/mol. The van der Waals surface area contributed by atoms with Crippen molar-refractivity contribution < 1.29 is 9.90 Å². The highest BCUT2D eigenvalue weighted by Crippen LogP contribution is 2.17. The highest BCUT2D eigenvalue weighted by atomic mass is 16.3. The van der Waals surface area contributed by atoms with Crippen LogP contribution in [-0.4, -0.2) is 29.6 Å². The molecule has 76 valence electrons. The lowest BCUT2D eigenvalue weighted by Gasteiger charge is -2.26. The third kappa shape index (κ3) is 4.39. The summed E-state index contributed by atoms with van der Waals surface area (Å²) in [6, 6.07) is 0.516. The van der Waals surface area contributed by atoms with Gasteiger partial charge in [0.05, 0.1) is 6.10 Å². The van der Waals surface area contributed by atoms with Gasteiger partial charge in [-0.2, -0.15) is 0 Å². The van der Waals surface area contributed by atoms with Crippen molar-refractivity contribution in [2.45, 2.75) is 51.2 Å². The molecule has 0 spiro atoms. The van der Waals surface area contributed by atoms with Gasteiger partial charge in [-0.25, -0.2) is 0 Å². The van der Waals surface area contributed by atoms with Crippen molar-refractivity contribution in [2.24, 2.45) is 0 Å². The minimum atomic E-state index is -0.0918. The third-order valence-electron chi connectivity index (χ3n) is 2.61. The van der Waals surface area contributed by atoms with E-state index < -0.39 is 0 Å². The molecule has 1 aliphatic carbocycles. The van der Waals surface area contributed by atoms with E-state index >= 15 is 0 Å². The number of aliphatic hydroxyl groups is 1. The van der Waals surface area contributed by atoms with Crippen molar-refractivity contribution in [1.82, 2.24) is 5.32 Å². The van der Waals surface area contributed by atoms with E-state index in [4.69, 9.17) is 0 Å². The number of rotatable bonds is 4. The third-order valence-corrected chi connectivity index (χ3v) is 2.61. The van der Waals surface area contributed by atoms with E-state index in [0.29, 0.717) is 12.5 Å². The van der Waals surface area contributed by atoms with Gasteiger partial charge in [-0.1, -0.05) is 0 Å². The Bertz CT molecular complexity index is 162.